The normalized spacial score (nSPS) is 25.0. The molecular formula is C16H19N. The van der Waals surface area contributed by atoms with Crippen molar-refractivity contribution < 1.29 is 0 Å². The molecule has 2 aromatic rings. The average Bonchev–Trinajstić information content (AvgIpc) is 2.38. The Hall–Kier alpha value is -1.34. The van der Waals surface area contributed by atoms with E-state index in [1.54, 1.807) is 0 Å². The highest BCUT2D eigenvalue weighted by molar-refractivity contribution is 5.86. The number of nitrogens with one attached hydrogen (secondary N) is 1. The highest BCUT2D eigenvalue weighted by Gasteiger charge is 2.20. The molecule has 17 heavy (non-hydrogen) atoms. The van der Waals surface area contributed by atoms with E-state index in [0.29, 0.717) is 6.04 Å². The van der Waals surface area contributed by atoms with Crippen LogP contribution >= 0.6 is 0 Å². The Balaban J connectivity index is 2.04. The molecule has 1 heterocycles. The zero-order chi connectivity index (χ0) is 11.7. The molecule has 2 unspecified atom stereocenters. The van der Waals surface area contributed by atoms with Gasteiger partial charge in [-0.3, -0.25) is 0 Å². The summed E-state index contributed by atoms with van der Waals surface area (Å²) >= 11 is 0. The van der Waals surface area contributed by atoms with Crippen LogP contribution in [0.2, 0.25) is 0 Å². The maximum Gasteiger partial charge on any atom is 0.00445 e. The van der Waals surface area contributed by atoms with Gasteiger partial charge in [0, 0.05) is 6.04 Å². The third-order valence-corrected chi connectivity index (χ3v) is 3.89. The fourth-order valence-electron chi connectivity index (χ4n) is 3.02. The van der Waals surface area contributed by atoms with Crippen molar-refractivity contribution in [2.45, 2.75) is 31.7 Å². The third kappa shape index (κ3) is 2.07. The summed E-state index contributed by atoms with van der Waals surface area (Å²) in [6, 6.07) is 16.1. The lowest BCUT2D eigenvalue weighted by Gasteiger charge is -2.29. The lowest BCUT2D eigenvalue weighted by Crippen LogP contribution is -2.34. The standard InChI is InChI=1S/C16H19N/c1-12-11-14(9-10-17-12)16-8-4-6-13-5-2-3-7-15(13)16/h2-8,12,14,17H,9-11H2,1H3. The first kappa shape index (κ1) is 10.8. The van der Waals surface area contributed by atoms with Crippen LogP contribution < -0.4 is 5.32 Å². The monoisotopic (exact) mass is 225 g/mol. The molecule has 2 atom stereocenters. The lowest BCUT2D eigenvalue weighted by molar-refractivity contribution is 0.382. The number of benzene rings is 2. The van der Waals surface area contributed by atoms with Crippen LogP contribution in [0.25, 0.3) is 10.8 Å². The first-order valence-electron chi connectivity index (χ1n) is 6.55. The Kier molecular flexibility index (Phi) is 2.86. The van der Waals surface area contributed by atoms with E-state index in [1.165, 1.54) is 29.2 Å². The summed E-state index contributed by atoms with van der Waals surface area (Å²) < 4.78 is 0. The van der Waals surface area contributed by atoms with Crippen molar-refractivity contribution in [1.29, 1.82) is 0 Å². The fourth-order valence-corrected chi connectivity index (χ4v) is 3.02. The van der Waals surface area contributed by atoms with Gasteiger partial charge in [0.2, 0.25) is 0 Å². The molecule has 0 aromatic heterocycles. The Morgan fingerprint density at radius 2 is 1.88 bits per heavy atom. The van der Waals surface area contributed by atoms with Gasteiger partial charge in [-0.05, 0) is 48.6 Å². The molecule has 0 amide bonds. The molecule has 2 aromatic carbocycles. The summed E-state index contributed by atoms with van der Waals surface area (Å²) in [6.45, 7) is 3.44. The Bertz CT molecular complexity index is 512. The minimum atomic E-state index is 0.646. The van der Waals surface area contributed by atoms with E-state index >= 15 is 0 Å². The molecule has 1 heteroatoms. The van der Waals surface area contributed by atoms with E-state index in [9.17, 15) is 0 Å². The Morgan fingerprint density at radius 3 is 2.76 bits per heavy atom. The zero-order valence-electron chi connectivity index (χ0n) is 10.3. The van der Waals surface area contributed by atoms with E-state index < -0.39 is 0 Å². The molecule has 1 saturated heterocycles. The van der Waals surface area contributed by atoms with Crippen molar-refractivity contribution in [3.8, 4) is 0 Å². The molecule has 88 valence electrons. The Labute approximate surface area is 103 Å². The zero-order valence-corrected chi connectivity index (χ0v) is 10.3. The first-order chi connectivity index (χ1) is 8.34. The van der Waals surface area contributed by atoms with E-state index in [-0.39, 0.29) is 0 Å². The molecule has 0 spiro atoms. The average molecular weight is 225 g/mol. The van der Waals surface area contributed by atoms with Gasteiger partial charge in [-0.2, -0.15) is 0 Å². The summed E-state index contributed by atoms with van der Waals surface area (Å²) in [6.07, 6.45) is 2.52. The number of rotatable bonds is 1. The highest BCUT2D eigenvalue weighted by atomic mass is 14.9. The fraction of sp³-hybridized carbons (Fsp3) is 0.375. The van der Waals surface area contributed by atoms with Crippen LogP contribution in [0.3, 0.4) is 0 Å². The van der Waals surface area contributed by atoms with Crippen molar-refractivity contribution in [3.05, 3.63) is 48.0 Å². The first-order valence-corrected chi connectivity index (χ1v) is 6.55. The van der Waals surface area contributed by atoms with Gasteiger partial charge >= 0.3 is 0 Å². The molecule has 3 rings (SSSR count). The summed E-state index contributed by atoms with van der Waals surface area (Å²) in [5.74, 6) is 0.720. The highest BCUT2D eigenvalue weighted by Crippen LogP contribution is 2.32. The van der Waals surface area contributed by atoms with E-state index in [2.05, 4.69) is 54.7 Å². The molecule has 1 aliphatic heterocycles. The lowest BCUT2D eigenvalue weighted by atomic mass is 9.84. The van der Waals surface area contributed by atoms with Gasteiger partial charge in [-0.15, -0.1) is 0 Å². The van der Waals surface area contributed by atoms with Gasteiger partial charge in [0.05, 0.1) is 0 Å². The van der Waals surface area contributed by atoms with Gasteiger partial charge in [-0.25, -0.2) is 0 Å². The van der Waals surface area contributed by atoms with Gasteiger partial charge < -0.3 is 5.32 Å². The maximum atomic E-state index is 3.53. The molecule has 0 bridgehead atoms. The van der Waals surface area contributed by atoms with Crippen LogP contribution in [0, 0.1) is 0 Å². The van der Waals surface area contributed by atoms with Gasteiger partial charge in [-0.1, -0.05) is 42.5 Å². The largest absolute Gasteiger partial charge is 0.314 e. The van der Waals surface area contributed by atoms with Crippen molar-refractivity contribution in [1.82, 2.24) is 5.32 Å². The summed E-state index contributed by atoms with van der Waals surface area (Å²) in [4.78, 5) is 0. The van der Waals surface area contributed by atoms with Gasteiger partial charge in [0.25, 0.3) is 0 Å². The van der Waals surface area contributed by atoms with Crippen LogP contribution in [-0.4, -0.2) is 12.6 Å². The number of hydrogen-bond donors (Lipinski definition) is 1. The van der Waals surface area contributed by atoms with Gasteiger partial charge in [0.15, 0.2) is 0 Å². The minimum absolute atomic E-state index is 0.646. The van der Waals surface area contributed by atoms with E-state index in [4.69, 9.17) is 0 Å². The summed E-state index contributed by atoms with van der Waals surface area (Å²) in [7, 11) is 0. The smallest absolute Gasteiger partial charge is 0.00445 e. The molecule has 0 radical (unpaired) electrons. The predicted molar refractivity (Wildman–Crippen MR) is 73.4 cm³/mol. The Morgan fingerprint density at radius 1 is 1.06 bits per heavy atom. The van der Waals surface area contributed by atoms with Crippen molar-refractivity contribution in [3.63, 3.8) is 0 Å². The second kappa shape index (κ2) is 4.50. The SMILES string of the molecule is CC1CC(c2cccc3ccccc23)CCN1. The molecule has 1 aliphatic rings. The van der Waals surface area contributed by atoms with Crippen LogP contribution in [0.15, 0.2) is 42.5 Å². The van der Waals surface area contributed by atoms with Gasteiger partial charge in [0.1, 0.15) is 0 Å². The third-order valence-electron chi connectivity index (χ3n) is 3.89. The topological polar surface area (TPSA) is 12.0 Å². The summed E-state index contributed by atoms with van der Waals surface area (Å²) in [5, 5.41) is 6.34. The second-order valence-corrected chi connectivity index (χ2v) is 5.14. The van der Waals surface area contributed by atoms with E-state index in [1.807, 2.05) is 0 Å². The van der Waals surface area contributed by atoms with Crippen molar-refractivity contribution >= 4 is 10.8 Å². The minimum Gasteiger partial charge on any atom is -0.314 e. The molecule has 1 fully saturated rings. The predicted octanol–water partition coefficient (Wildman–Crippen LogP) is 3.70. The number of hydrogen-bond acceptors (Lipinski definition) is 1. The van der Waals surface area contributed by atoms with E-state index in [0.717, 1.165) is 12.5 Å². The number of fused-ring (bicyclic) bond motifs is 1. The molecule has 1 nitrogen and oxygen atoms in total. The number of piperidine rings is 1. The van der Waals surface area contributed by atoms with Crippen LogP contribution in [-0.2, 0) is 0 Å². The molecule has 1 N–H and O–H groups in total. The maximum absolute atomic E-state index is 3.53. The van der Waals surface area contributed by atoms with Crippen LogP contribution in [0.1, 0.15) is 31.2 Å². The van der Waals surface area contributed by atoms with Crippen molar-refractivity contribution in [2.75, 3.05) is 6.54 Å². The van der Waals surface area contributed by atoms with Crippen LogP contribution in [0.5, 0.6) is 0 Å². The second-order valence-electron chi connectivity index (χ2n) is 5.14. The quantitative estimate of drug-likeness (QED) is 0.780. The molecule has 0 aliphatic carbocycles. The van der Waals surface area contributed by atoms with Crippen LogP contribution in [0.4, 0.5) is 0 Å². The molecular weight excluding hydrogens is 206 g/mol. The van der Waals surface area contributed by atoms with Crippen molar-refractivity contribution in [2.24, 2.45) is 0 Å². The molecule has 0 saturated carbocycles. The summed E-state index contributed by atoms with van der Waals surface area (Å²) in [5.41, 5.74) is 1.54.